The van der Waals surface area contributed by atoms with Crippen LogP contribution in [0.1, 0.15) is 47.6 Å². The highest BCUT2D eigenvalue weighted by Crippen LogP contribution is 2.25. The van der Waals surface area contributed by atoms with Crippen molar-refractivity contribution in [2.24, 2.45) is 0 Å². The Bertz CT molecular complexity index is 900. The summed E-state index contributed by atoms with van der Waals surface area (Å²) in [5, 5.41) is 0. The summed E-state index contributed by atoms with van der Waals surface area (Å²) in [4.78, 5) is 45.2. The fourth-order valence-electron chi connectivity index (χ4n) is 3.30. The number of hydrogen-bond donors (Lipinski definition) is 1. The van der Waals surface area contributed by atoms with E-state index in [1.165, 1.54) is 12.1 Å². The molecule has 1 amide bonds. The molecule has 1 fully saturated rings. The van der Waals surface area contributed by atoms with Gasteiger partial charge in [0.15, 0.2) is 0 Å². The SMILES string of the molecule is CCn1ccc(C(=O)N2CCCC(c3cc(=O)[nH]c(C)n3)C2)cc1=O. The highest BCUT2D eigenvalue weighted by Gasteiger charge is 2.27. The van der Waals surface area contributed by atoms with Gasteiger partial charge < -0.3 is 14.5 Å². The molecule has 7 nitrogen and oxygen atoms in total. The van der Waals surface area contributed by atoms with Crippen molar-refractivity contribution in [1.29, 1.82) is 0 Å². The van der Waals surface area contributed by atoms with Crippen molar-refractivity contribution < 1.29 is 4.79 Å². The molecular formula is C18H22N4O3. The van der Waals surface area contributed by atoms with Crippen LogP contribution in [0.15, 0.2) is 34.0 Å². The number of piperidine rings is 1. The number of carbonyl (C=O) groups excluding carboxylic acids is 1. The number of aryl methyl sites for hydroxylation is 2. The summed E-state index contributed by atoms with van der Waals surface area (Å²) < 4.78 is 1.55. The second-order valence-electron chi connectivity index (χ2n) is 6.39. The van der Waals surface area contributed by atoms with Crippen LogP contribution in [0.3, 0.4) is 0 Å². The molecule has 1 aliphatic heterocycles. The first-order valence-corrected chi connectivity index (χ1v) is 8.55. The van der Waals surface area contributed by atoms with Crippen LogP contribution in [-0.2, 0) is 6.54 Å². The number of nitrogens with zero attached hydrogens (tertiary/aromatic N) is 3. The van der Waals surface area contributed by atoms with E-state index in [9.17, 15) is 14.4 Å². The Morgan fingerprint density at radius 1 is 1.36 bits per heavy atom. The number of rotatable bonds is 3. The molecule has 7 heteroatoms. The predicted molar refractivity (Wildman–Crippen MR) is 93.8 cm³/mol. The lowest BCUT2D eigenvalue weighted by atomic mass is 9.94. The number of aromatic amines is 1. The van der Waals surface area contributed by atoms with Crippen molar-refractivity contribution in [3.8, 4) is 0 Å². The van der Waals surface area contributed by atoms with Crippen LogP contribution in [0.2, 0.25) is 0 Å². The predicted octanol–water partition coefficient (Wildman–Crippen LogP) is 1.28. The van der Waals surface area contributed by atoms with E-state index in [4.69, 9.17) is 0 Å². The normalized spacial score (nSPS) is 17.5. The summed E-state index contributed by atoms with van der Waals surface area (Å²) >= 11 is 0. The molecule has 1 saturated heterocycles. The molecule has 3 heterocycles. The van der Waals surface area contributed by atoms with E-state index < -0.39 is 0 Å². The maximum absolute atomic E-state index is 12.8. The van der Waals surface area contributed by atoms with Crippen molar-refractivity contribution in [2.75, 3.05) is 13.1 Å². The monoisotopic (exact) mass is 342 g/mol. The Kier molecular flexibility index (Phi) is 4.83. The van der Waals surface area contributed by atoms with Gasteiger partial charge in [0.25, 0.3) is 17.0 Å². The van der Waals surface area contributed by atoms with Gasteiger partial charge in [-0.2, -0.15) is 0 Å². The van der Waals surface area contributed by atoms with Gasteiger partial charge in [-0.25, -0.2) is 4.98 Å². The number of amides is 1. The van der Waals surface area contributed by atoms with Crippen molar-refractivity contribution in [3.05, 3.63) is 62.2 Å². The first-order valence-electron chi connectivity index (χ1n) is 8.55. The van der Waals surface area contributed by atoms with E-state index >= 15 is 0 Å². The third-order valence-electron chi connectivity index (χ3n) is 4.59. The van der Waals surface area contributed by atoms with Crippen LogP contribution >= 0.6 is 0 Å². The number of aromatic nitrogens is 3. The molecule has 0 aromatic carbocycles. The van der Waals surface area contributed by atoms with Crippen LogP contribution < -0.4 is 11.1 Å². The first-order chi connectivity index (χ1) is 12.0. The summed E-state index contributed by atoms with van der Waals surface area (Å²) in [7, 11) is 0. The lowest BCUT2D eigenvalue weighted by Gasteiger charge is -2.32. The molecule has 2 aromatic rings. The second-order valence-corrected chi connectivity index (χ2v) is 6.39. The molecule has 25 heavy (non-hydrogen) atoms. The van der Waals surface area contributed by atoms with E-state index in [0.717, 1.165) is 18.5 Å². The highest BCUT2D eigenvalue weighted by atomic mass is 16.2. The molecule has 0 aliphatic carbocycles. The lowest BCUT2D eigenvalue weighted by molar-refractivity contribution is 0.0705. The second kappa shape index (κ2) is 7.04. The van der Waals surface area contributed by atoms with E-state index in [2.05, 4.69) is 9.97 Å². The van der Waals surface area contributed by atoms with E-state index in [1.54, 1.807) is 28.7 Å². The zero-order chi connectivity index (χ0) is 18.0. The standard InChI is InChI=1S/C18H22N4O3/c1-3-21-8-6-13(9-17(21)24)18(25)22-7-4-5-14(11-22)15-10-16(23)20-12(2)19-15/h6,8-10,14H,3-5,7,11H2,1-2H3,(H,19,20,23). The molecule has 1 atom stereocenters. The number of pyridine rings is 1. The highest BCUT2D eigenvalue weighted by molar-refractivity contribution is 5.94. The van der Waals surface area contributed by atoms with E-state index in [0.29, 0.717) is 31.0 Å². The molecule has 3 rings (SSSR count). The maximum Gasteiger partial charge on any atom is 0.254 e. The lowest BCUT2D eigenvalue weighted by Crippen LogP contribution is -2.40. The minimum Gasteiger partial charge on any atom is -0.338 e. The summed E-state index contributed by atoms with van der Waals surface area (Å²) in [6, 6.07) is 4.59. The molecular weight excluding hydrogens is 320 g/mol. The van der Waals surface area contributed by atoms with Crippen LogP contribution in [0.5, 0.6) is 0 Å². The molecule has 0 radical (unpaired) electrons. The zero-order valence-corrected chi connectivity index (χ0v) is 14.5. The fraction of sp³-hybridized carbons (Fsp3) is 0.444. The summed E-state index contributed by atoms with van der Waals surface area (Å²) in [5.41, 5.74) is 0.786. The first kappa shape index (κ1) is 17.1. The number of likely N-dealkylation sites (tertiary alicyclic amines) is 1. The van der Waals surface area contributed by atoms with Gasteiger partial charge in [0.1, 0.15) is 5.82 Å². The van der Waals surface area contributed by atoms with Crippen molar-refractivity contribution >= 4 is 5.91 Å². The van der Waals surface area contributed by atoms with Gasteiger partial charge >= 0.3 is 0 Å². The molecule has 1 N–H and O–H groups in total. The molecule has 0 saturated carbocycles. The summed E-state index contributed by atoms with van der Waals surface area (Å²) in [6.45, 7) is 5.36. The van der Waals surface area contributed by atoms with Gasteiger partial charge in [0.05, 0.1) is 5.69 Å². The fourth-order valence-corrected chi connectivity index (χ4v) is 3.30. The molecule has 132 valence electrons. The topological polar surface area (TPSA) is 88.1 Å². The Morgan fingerprint density at radius 3 is 2.84 bits per heavy atom. The molecule has 1 unspecified atom stereocenters. The third-order valence-corrected chi connectivity index (χ3v) is 4.59. The van der Waals surface area contributed by atoms with Gasteiger partial charge in [-0.05, 0) is 32.8 Å². The quantitative estimate of drug-likeness (QED) is 0.910. The number of carbonyl (C=O) groups is 1. The third kappa shape index (κ3) is 3.70. The van der Waals surface area contributed by atoms with Crippen LogP contribution in [0.4, 0.5) is 0 Å². The Morgan fingerprint density at radius 2 is 2.16 bits per heavy atom. The average Bonchev–Trinajstić information content (AvgIpc) is 2.60. The molecule has 0 bridgehead atoms. The molecule has 1 aliphatic rings. The van der Waals surface area contributed by atoms with Gasteiger partial charge in [0.2, 0.25) is 0 Å². The Balaban J connectivity index is 1.81. The van der Waals surface area contributed by atoms with Crippen LogP contribution in [0, 0.1) is 6.92 Å². The van der Waals surface area contributed by atoms with Crippen molar-refractivity contribution in [3.63, 3.8) is 0 Å². The minimum atomic E-state index is -0.172. The van der Waals surface area contributed by atoms with Gasteiger partial charge in [-0.15, -0.1) is 0 Å². The molecule has 2 aromatic heterocycles. The Labute approximate surface area is 145 Å². The molecule has 0 spiro atoms. The zero-order valence-electron chi connectivity index (χ0n) is 14.5. The largest absolute Gasteiger partial charge is 0.338 e. The smallest absolute Gasteiger partial charge is 0.254 e. The summed E-state index contributed by atoms with van der Waals surface area (Å²) in [5.74, 6) is 0.468. The van der Waals surface area contributed by atoms with E-state index in [1.807, 2.05) is 6.92 Å². The van der Waals surface area contributed by atoms with Gasteiger partial charge in [0, 0.05) is 49.4 Å². The average molecular weight is 342 g/mol. The van der Waals surface area contributed by atoms with Crippen molar-refractivity contribution in [1.82, 2.24) is 19.4 Å². The maximum atomic E-state index is 12.8. The summed E-state index contributed by atoms with van der Waals surface area (Å²) in [6.07, 6.45) is 3.38. The Hall–Kier alpha value is -2.70. The minimum absolute atomic E-state index is 0.0368. The van der Waals surface area contributed by atoms with Crippen LogP contribution in [0.25, 0.3) is 0 Å². The number of nitrogens with one attached hydrogen (secondary N) is 1. The van der Waals surface area contributed by atoms with Gasteiger partial charge in [-0.3, -0.25) is 14.4 Å². The number of H-pyrrole nitrogens is 1. The number of hydrogen-bond acceptors (Lipinski definition) is 4. The van der Waals surface area contributed by atoms with Crippen LogP contribution in [-0.4, -0.2) is 38.4 Å². The van der Waals surface area contributed by atoms with Gasteiger partial charge in [-0.1, -0.05) is 0 Å². The van der Waals surface area contributed by atoms with E-state index in [-0.39, 0.29) is 22.9 Å². The van der Waals surface area contributed by atoms with Crippen molar-refractivity contribution in [2.45, 2.75) is 39.2 Å².